The van der Waals surface area contributed by atoms with Gasteiger partial charge in [0.05, 0.1) is 17.2 Å². The predicted molar refractivity (Wildman–Crippen MR) is 105 cm³/mol. The Labute approximate surface area is 168 Å². The molecule has 9 heteroatoms. The highest BCUT2D eigenvalue weighted by Gasteiger charge is 2.33. The minimum Gasteiger partial charge on any atom is -0.373 e. The van der Waals surface area contributed by atoms with E-state index >= 15 is 0 Å². The SMILES string of the molecule is CC1CN(S(=O)(=O)c2cc(C(=O)Nc3cccc(F)c3)ccc2Cl)CC(C)O1. The van der Waals surface area contributed by atoms with E-state index in [1.165, 1.54) is 46.8 Å². The number of benzene rings is 2. The third-order valence-electron chi connectivity index (χ3n) is 4.28. The summed E-state index contributed by atoms with van der Waals surface area (Å²) in [5.74, 6) is -1.06. The van der Waals surface area contributed by atoms with Gasteiger partial charge >= 0.3 is 0 Å². The number of morpholine rings is 1. The summed E-state index contributed by atoms with van der Waals surface area (Å²) in [6.45, 7) is 3.98. The molecule has 1 aliphatic rings. The largest absolute Gasteiger partial charge is 0.373 e. The molecule has 1 saturated heterocycles. The molecule has 0 aliphatic carbocycles. The average molecular weight is 427 g/mol. The second-order valence-corrected chi connectivity index (χ2v) is 9.00. The maximum Gasteiger partial charge on any atom is 0.255 e. The summed E-state index contributed by atoms with van der Waals surface area (Å²) in [4.78, 5) is 12.3. The zero-order chi connectivity index (χ0) is 20.5. The van der Waals surface area contributed by atoms with Gasteiger partial charge in [0.25, 0.3) is 5.91 Å². The van der Waals surface area contributed by atoms with E-state index < -0.39 is 21.7 Å². The van der Waals surface area contributed by atoms with E-state index in [0.29, 0.717) is 0 Å². The molecule has 0 spiro atoms. The molecule has 3 rings (SSSR count). The van der Waals surface area contributed by atoms with E-state index in [-0.39, 0.29) is 46.5 Å². The van der Waals surface area contributed by atoms with E-state index in [1.807, 2.05) is 0 Å². The first kappa shape index (κ1) is 20.7. The number of carbonyl (C=O) groups is 1. The number of ether oxygens (including phenoxy) is 1. The summed E-state index contributed by atoms with van der Waals surface area (Å²) in [7, 11) is -3.91. The Morgan fingerprint density at radius 1 is 1.18 bits per heavy atom. The molecule has 0 bridgehead atoms. The fourth-order valence-electron chi connectivity index (χ4n) is 3.08. The first-order chi connectivity index (χ1) is 13.2. The maximum absolute atomic E-state index is 13.3. The molecular formula is C19H20ClFN2O4S. The van der Waals surface area contributed by atoms with Crippen LogP contribution >= 0.6 is 11.6 Å². The molecule has 2 atom stereocenters. The third-order valence-corrected chi connectivity index (χ3v) is 6.59. The van der Waals surface area contributed by atoms with Gasteiger partial charge in [-0.3, -0.25) is 4.79 Å². The molecule has 0 aromatic heterocycles. The Morgan fingerprint density at radius 3 is 2.50 bits per heavy atom. The molecule has 2 unspecified atom stereocenters. The van der Waals surface area contributed by atoms with Crippen molar-refractivity contribution >= 4 is 33.2 Å². The fraction of sp³-hybridized carbons (Fsp3) is 0.316. The fourth-order valence-corrected chi connectivity index (χ4v) is 5.17. The Bertz CT molecular complexity index is 989. The van der Waals surface area contributed by atoms with Crippen molar-refractivity contribution in [1.29, 1.82) is 0 Å². The van der Waals surface area contributed by atoms with Crippen LogP contribution < -0.4 is 5.32 Å². The number of halogens is 2. The average Bonchev–Trinajstić information content (AvgIpc) is 2.61. The molecule has 6 nitrogen and oxygen atoms in total. The van der Waals surface area contributed by atoms with Gasteiger partial charge in [-0.2, -0.15) is 4.31 Å². The molecule has 1 fully saturated rings. The Morgan fingerprint density at radius 2 is 1.86 bits per heavy atom. The molecule has 28 heavy (non-hydrogen) atoms. The van der Waals surface area contributed by atoms with Gasteiger partial charge < -0.3 is 10.1 Å². The second-order valence-electron chi connectivity index (χ2n) is 6.69. The quantitative estimate of drug-likeness (QED) is 0.811. The van der Waals surface area contributed by atoms with Crippen LogP contribution in [0.5, 0.6) is 0 Å². The summed E-state index contributed by atoms with van der Waals surface area (Å²) in [6.07, 6.45) is -0.506. The van der Waals surface area contributed by atoms with E-state index in [9.17, 15) is 17.6 Å². The number of sulfonamides is 1. The summed E-state index contributed by atoms with van der Waals surface area (Å²) < 4.78 is 46.4. The van der Waals surface area contributed by atoms with Gasteiger partial charge in [0.1, 0.15) is 10.7 Å². The third kappa shape index (κ3) is 4.52. The van der Waals surface area contributed by atoms with Crippen LogP contribution in [0.4, 0.5) is 10.1 Å². The number of rotatable bonds is 4. The Balaban J connectivity index is 1.89. The number of anilines is 1. The van der Waals surface area contributed by atoms with Crippen LogP contribution in [0, 0.1) is 5.82 Å². The van der Waals surface area contributed by atoms with Gasteiger partial charge in [-0.25, -0.2) is 12.8 Å². The Hall–Kier alpha value is -2.00. The number of amides is 1. The van der Waals surface area contributed by atoms with Crippen molar-refractivity contribution in [1.82, 2.24) is 4.31 Å². The normalized spacial score (nSPS) is 20.7. The van der Waals surface area contributed by atoms with Crippen LogP contribution in [0.15, 0.2) is 47.4 Å². The first-order valence-corrected chi connectivity index (χ1v) is 10.5. The minimum absolute atomic E-state index is 0.0223. The van der Waals surface area contributed by atoms with Crippen LogP contribution in [-0.2, 0) is 14.8 Å². The van der Waals surface area contributed by atoms with Crippen molar-refractivity contribution in [2.75, 3.05) is 18.4 Å². The lowest BCUT2D eigenvalue weighted by Gasteiger charge is -2.34. The lowest BCUT2D eigenvalue weighted by molar-refractivity contribution is -0.0440. The molecule has 1 aliphatic heterocycles. The molecule has 0 radical (unpaired) electrons. The predicted octanol–water partition coefficient (Wildman–Crippen LogP) is 3.53. The highest BCUT2D eigenvalue weighted by molar-refractivity contribution is 7.89. The van der Waals surface area contributed by atoms with Crippen LogP contribution in [0.25, 0.3) is 0 Å². The molecule has 0 saturated carbocycles. The van der Waals surface area contributed by atoms with Crippen molar-refractivity contribution in [2.45, 2.75) is 31.0 Å². The number of hydrogen-bond acceptors (Lipinski definition) is 4. The summed E-state index contributed by atoms with van der Waals surface area (Å²) in [5, 5.41) is 2.56. The number of hydrogen-bond donors (Lipinski definition) is 1. The summed E-state index contributed by atoms with van der Waals surface area (Å²) in [6, 6.07) is 9.43. The van der Waals surface area contributed by atoms with Crippen LogP contribution in [0.2, 0.25) is 5.02 Å². The monoisotopic (exact) mass is 426 g/mol. The topological polar surface area (TPSA) is 75.7 Å². The van der Waals surface area contributed by atoms with Crippen LogP contribution in [0.1, 0.15) is 24.2 Å². The Kier molecular flexibility index (Phi) is 6.04. The summed E-state index contributed by atoms with van der Waals surface area (Å²) >= 11 is 6.14. The van der Waals surface area contributed by atoms with Crippen molar-refractivity contribution in [3.63, 3.8) is 0 Å². The standard InChI is InChI=1S/C19H20ClFN2O4S/c1-12-10-23(11-13(2)27-12)28(25,26)18-8-14(6-7-17(18)20)19(24)22-16-5-3-4-15(21)9-16/h3-9,12-13H,10-11H2,1-2H3,(H,22,24). The van der Waals surface area contributed by atoms with Crippen LogP contribution in [0.3, 0.4) is 0 Å². The number of carbonyl (C=O) groups excluding carboxylic acids is 1. The smallest absolute Gasteiger partial charge is 0.255 e. The molecule has 1 heterocycles. The van der Waals surface area contributed by atoms with Gasteiger partial charge in [-0.15, -0.1) is 0 Å². The summed E-state index contributed by atoms with van der Waals surface area (Å²) in [5.41, 5.74) is 0.363. The first-order valence-electron chi connectivity index (χ1n) is 8.69. The highest BCUT2D eigenvalue weighted by atomic mass is 35.5. The van der Waals surface area contributed by atoms with Gasteiger partial charge in [0.2, 0.25) is 10.0 Å². The lowest BCUT2D eigenvalue weighted by atomic mass is 10.2. The van der Waals surface area contributed by atoms with Crippen molar-refractivity contribution in [3.05, 3.63) is 58.9 Å². The molecule has 1 amide bonds. The maximum atomic E-state index is 13.3. The van der Waals surface area contributed by atoms with E-state index in [4.69, 9.17) is 16.3 Å². The zero-order valence-corrected chi connectivity index (χ0v) is 16.9. The molecule has 2 aromatic carbocycles. The second kappa shape index (κ2) is 8.16. The van der Waals surface area contributed by atoms with Crippen molar-refractivity contribution < 1.29 is 22.3 Å². The molecule has 150 valence electrons. The number of nitrogens with one attached hydrogen (secondary N) is 1. The molecule has 1 N–H and O–H groups in total. The van der Waals surface area contributed by atoms with Gasteiger partial charge in [0.15, 0.2) is 0 Å². The molecular weight excluding hydrogens is 407 g/mol. The highest BCUT2D eigenvalue weighted by Crippen LogP contribution is 2.28. The zero-order valence-electron chi connectivity index (χ0n) is 15.4. The van der Waals surface area contributed by atoms with Crippen molar-refractivity contribution in [3.8, 4) is 0 Å². The number of nitrogens with zero attached hydrogens (tertiary/aromatic N) is 1. The van der Waals surface area contributed by atoms with Crippen molar-refractivity contribution in [2.24, 2.45) is 0 Å². The minimum atomic E-state index is -3.91. The van der Waals surface area contributed by atoms with Crippen LogP contribution in [-0.4, -0.2) is 43.9 Å². The van der Waals surface area contributed by atoms with E-state index in [2.05, 4.69) is 5.32 Å². The van der Waals surface area contributed by atoms with Gasteiger partial charge in [-0.05, 0) is 50.2 Å². The van der Waals surface area contributed by atoms with Gasteiger partial charge in [-0.1, -0.05) is 17.7 Å². The van der Waals surface area contributed by atoms with E-state index in [1.54, 1.807) is 13.8 Å². The van der Waals surface area contributed by atoms with Gasteiger partial charge in [0, 0.05) is 24.3 Å². The lowest BCUT2D eigenvalue weighted by Crippen LogP contribution is -2.48. The molecule has 2 aromatic rings. The van der Waals surface area contributed by atoms with E-state index in [0.717, 1.165) is 0 Å².